The summed E-state index contributed by atoms with van der Waals surface area (Å²) >= 11 is 7.68. The Morgan fingerprint density at radius 1 is 1.14 bits per heavy atom. The second kappa shape index (κ2) is 11.5. The Bertz CT molecular complexity index is 1410. The molecule has 0 spiro atoms. The van der Waals surface area contributed by atoms with Crippen molar-refractivity contribution < 1.29 is 28.2 Å². The van der Waals surface area contributed by atoms with Crippen molar-refractivity contribution in [1.82, 2.24) is 4.90 Å². The van der Waals surface area contributed by atoms with Crippen molar-refractivity contribution in [2.24, 2.45) is 4.99 Å². The Morgan fingerprint density at radius 3 is 2.57 bits per heavy atom. The van der Waals surface area contributed by atoms with E-state index in [0.717, 1.165) is 0 Å². The number of thioether (sulfide) groups is 1. The number of carbonyl (C=O) groups excluding carboxylic acids is 2. The Hall–Kier alpha value is -3.82. The number of aliphatic imine (C=N–C) groups is 1. The van der Waals surface area contributed by atoms with E-state index in [1.807, 2.05) is 0 Å². The molecule has 3 aromatic rings. The molecule has 0 unspecified atom stereocenters. The molecule has 190 valence electrons. The lowest BCUT2D eigenvalue weighted by Gasteiger charge is -2.13. The van der Waals surface area contributed by atoms with Gasteiger partial charge in [-0.15, -0.1) is 0 Å². The van der Waals surface area contributed by atoms with Crippen molar-refractivity contribution in [3.8, 4) is 11.5 Å². The normalized spacial score (nSPS) is 15.4. The highest BCUT2D eigenvalue weighted by atomic mass is 35.5. The molecule has 0 saturated carbocycles. The summed E-state index contributed by atoms with van der Waals surface area (Å²) in [5, 5.41) is 0.765. The number of ether oxygens (including phenoxy) is 3. The van der Waals surface area contributed by atoms with Gasteiger partial charge in [0.15, 0.2) is 16.7 Å². The number of amides is 1. The highest BCUT2D eigenvalue weighted by molar-refractivity contribution is 8.18. The Morgan fingerprint density at radius 2 is 1.89 bits per heavy atom. The van der Waals surface area contributed by atoms with Gasteiger partial charge in [-0.2, -0.15) is 0 Å². The van der Waals surface area contributed by atoms with Crippen molar-refractivity contribution in [2.75, 3.05) is 21.3 Å². The van der Waals surface area contributed by atoms with Crippen LogP contribution in [0, 0.1) is 5.82 Å². The highest BCUT2D eigenvalue weighted by Gasteiger charge is 2.30. The fourth-order valence-corrected chi connectivity index (χ4v) is 4.71. The van der Waals surface area contributed by atoms with Crippen LogP contribution in [0.3, 0.4) is 0 Å². The fourth-order valence-electron chi connectivity index (χ4n) is 3.45. The summed E-state index contributed by atoms with van der Waals surface area (Å²) in [6, 6.07) is 16.0. The minimum atomic E-state index is -0.438. The van der Waals surface area contributed by atoms with Crippen molar-refractivity contribution in [1.29, 1.82) is 0 Å². The van der Waals surface area contributed by atoms with E-state index in [-0.39, 0.29) is 23.4 Å². The lowest BCUT2D eigenvalue weighted by Crippen LogP contribution is -2.23. The number of hydrogen-bond donors (Lipinski definition) is 0. The smallest absolute Gasteiger partial charge is 0.337 e. The van der Waals surface area contributed by atoms with Gasteiger partial charge in [-0.25, -0.2) is 14.2 Å². The quantitative estimate of drug-likeness (QED) is 0.267. The molecule has 1 fully saturated rings. The number of likely N-dealkylation sites (N-methyl/N-ethyl adjacent to an activating group) is 1. The summed E-state index contributed by atoms with van der Waals surface area (Å²) in [6.45, 7) is 0.105. The monoisotopic (exact) mass is 540 g/mol. The molecule has 0 bridgehead atoms. The van der Waals surface area contributed by atoms with E-state index in [2.05, 4.69) is 4.99 Å². The molecule has 3 aromatic carbocycles. The molecule has 10 heteroatoms. The second-order valence-corrected chi connectivity index (χ2v) is 9.28. The number of methoxy groups -OCH3 is 2. The van der Waals surface area contributed by atoms with E-state index in [1.165, 1.54) is 43.0 Å². The van der Waals surface area contributed by atoms with Gasteiger partial charge in [0.05, 0.1) is 35.4 Å². The van der Waals surface area contributed by atoms with Crippen LogP contribution in [-0.2, 0) is 16.1 Å². The molecule has 1 amide bonds. The maximum atomic E-state index is 13.5. The molecule has 1 heterocycles. The zero-order valence-electron chi connectivity index (χ0n) is 20.2. The van der Waals surface area contributed by atoms with Gasteiger partial charge in [-0.3, -0.25) is 9.69 Å². The van der Waals surface area contributed by atoms with E-state index in [0.29, 0.717) is 43.9 Å². The SMILES string of the molecule is COC(=O)c1ccc(N=C2S/C(=C\c3cc(Cl)c(OCc4cccc(F)c4)c(OC)c3)C(=O)N2C)cc1. The number of benzene rings is 3. The summed E-state index contributed by atoms with van der Waals surface area (Å²) in [5.41, 5.74) is 2.27. The standard InChI is InChI=1S/C27H22ClFN2O5S/c1-31-25(32)23(37-27(31)30-20-9-7-18(8-10-20)26(33)35-3)14-17-12-21(28)24(22(13-17)34-2)36-15-16-5-4-6-19(29)11-16/h4-14H,15H2,1-3H3/b23-14-,30-27?. The number of hydrogen-bond acceptors (Lipinski definition) is 7. The zero-order chi connectivity index (χ0) is 26.5. The molecule has 1 aliphatic heterocycles. The molecule has 1 aliphatic rings. The van der Waals surface area contributed by atoms with Gasteiger partial charge in [-0.05, 0) is 77.5 Å². The topological polar surface area (TPSA) is 77.4 Å². The molecule has 1 saturated heterocycles. The van der Waals surface area contributed by atoms with Crippen molar-refractivity contribution in [3.63, 3.8) is 0 Å². The predicted octanol–water partition coefficient (Wildman–Crippen LogP) is 6.09. The van der Waals surface area contributed by atoms with E-state index in [4.69, 9.17) is 25.8 Å². The van der Waals surface area contributed by atoms with Crippen LogP contribution in [0.5, 0.6) is 11.5 Å². The number of carbonyl (C=O) groups is 2. The molecule has 0 atom stereocenters. The van der Waals surface area contributed by atoms with Crippen LogP contribution in [0.25, 0.3) is 6.08 Å². The molecule has 4 rings (SSSR count). The van der Waals surface area contributed by atoms with Gasteiger partial charge in [0.25, 0.3) is 5.91 Å². The van der Waals surface area contributed by atoms with Crippen LogP contribution in [0.15, 0.2) is 70.6 Å². The first kappa shape index (κ1) is 26.2. The maximum Gasteiger partial charge on any atom is 0.337 e. The number of amidine groups is 1. The van der Waals surface area contributed by atoms with Gasteiger partial charge >= 0.3 is 5.97 Å². The number of esters is 1. The van der Waals surface area contributed by atoms with E-state index in [9.17, 15) is 14.0 Å². The second-order valence-electron chi connectivity index (χ2n) is 7.86. The minimum Gasteiger partial charge on any atom is -0.493 e. The summed E-state index contributed by atoms with van der Waals surface area (Å²) in [5.74, 6) is -0.330. The van der Waals surface area contributed by atoms with Gasteiger partial charge in [0.2, 0.25) is 0 Å². The molecule has 0 aliphatic carbocycles. The summed E-state index contributed by atoms with van der Waals surface area (Å²) in [4.78, 5) is 30.9. The fraction of sp³-hybridized carbons (Fsp3) is 0.148. The Balaban J connectivity index is 1.54. The van der Waals surface area contributed by atoms with Crippen molar-refractivity contribution in [3.05, 3.63) is 93.1 Å². The average molecular weight is 541 g/mol. The van der Waals surface area contributed by atoms with Gasteiger partial charge in [0.1, 0.15) is 12.4 Å². The van der Waals surface area contributed by atoms with Crippen molar-refractivity contribution in [2.45, 2.75) is 6.61 Å². The molecule has 0 radical (unpaired) electrons. The lowest BCUT2D eigenvalue weighted by atomic mass is 10.1. The number of rotatable bonds is 7. The number of nitrogens with zero attached hydrogens (tertiary/aromatic N) is 2. The molecule has 37 heavy (non-hydrogen) atoms. The highest BCUT2D eigenvalue weighted by Crippen LogP contribution is 2.39. The van der Waals surface area contributed by atoms with Crippen LogP contribution in [0.1, 0.15) is 21.5 Å². The molecule has 7 nitrogen and oxygen atoms in total. The molecular weight excluding hydrogens is 519 g/mol. The van der Waals surface area contributed by atoms with E-state index >= 15 is 0 Å². The van der Waals surface area contributed by atoms with Crippen LogP contribution in [-0.4, -0.2) is 43.2 Å². The van der Waals surface area contributed by atoms with Gasteiger partial charge in [-0.1, -0.05) is 23.7 Å². The lowest BCUT2D eigenvalue weighted by molar-refractivity contribution is -0.121. The minimum absolute atomic E-state index is 0.105. The third-order valence-corrected chi connectivity index (χ3v) is 6.68. The first-order chi connectivity index (χ1) is 17.8. The Kier molecular flexibility index (Phi) is 8.15. The van der Waals surface area contributed by atoms with Gasteiger partial charge in [0, 0.05) is 7.05 Å². The summed E-state index contributed by atoms with van der Waals surface area (Å²) < 4.78 is 29.4. The first-order valence-electron chi connectivity index (χ1n) is 11.0. The average Bonchev–Trinajstić information content (AvgIpc) is 3.15. The van der Waals surface area contributed by atoms with Crippen LogP contribution in [0.2, 0.25) is 5.02 Å². The van der Waals surface area contributed by atoms with Crippen LogP contribution < -0.4 is 9.47 Å². The van der Waals surface area contributed by atoms with E-state index < -0.39 is 5.97 Å². The Labute approximate surface area is 222 Å². The first-order valence-corrected chi connectivity index (χ1v) is 12.2. The van der Waals surface area contributed by atoms with Crippen LogP contribution >= 0.6 is 23.4 Å². The third-order valence-electron chi connectivity index (χ3n) is 5.34. The molecule has 0 N–H and O–H groups in total. The van der Waals surface area contributed by atoms with E-state index in [1.54, 1.807) is 61.7 Å². The third kappa shape index (κ3) is 6.12. The van der Waals surface area contributed by atoms with Gasteiger partial charge < -0.3 is 14.2 Å². The van der Waals surface area contributed by atoms with Crippen molar-refractivity contribution >= 4 is 52.2 Å². The molecule has 0 aromatic heterocycles. The van der Waals surface area contributed by atoms with Crippen LogP contribution in [0.4, 0.5) is 10.1 Å². The largest absolute Gasteiger partial charge is 0.493 e. The molecular formula is C27H22ClFN2O5S. The summed E-state index contributed by atoms with van der Waals surface area (Å²) in [6.07, 6.45) is 1.69. The maximum absolute atomic E-state index is 13.5. The summed E-state index contributed by atoms with van der Waals surface area (Å²) in [7, 11) is 4.43. The zero-order valence-corrected chi connectivity index (χ0v) is 21.7. The predicted molar refractivity (Wildman–Crippen MR) is 142 cm³/mol. The number of halogens is 2.